The summed E-state index contributed by atoms with van der Waals surface area (Å²) in [7, 11) is 0. The van der Waals surface area contributed by atoms with Crippen LogP contribution in [0.25, 0.3) is 10.3 Å². The first-order chi connectivity index (χ1) is 14.7. The molecule has 7 nitrogen and oxygen atoms in total. The highest BCUT2D eigenvalue weighted by Gasteiger charge is 2.20. The Morgan fingerprint density at radius 2 is 2.00 bits per heavy atom. The lowest BCUT2D eigenvalue weighted by atomic mass is 10.2. The Balaban J connectivity index is 1.88. The number of rotatable bonds is 8. The SMILES string of the molecule is CCN(CC)c1nc2nc(SCC(=O)Nc3cc(Cl)ccc3C)n(C(C)C)c(=O)c2s1. The van der Waals surface area contributed by atoms with Crippen LogP contribution in [0.15, 0.2) is 28.2 Å². The quantitative estimate of drug-likeness (QED) is 0.363. The van der Waals surface area contributed by atoms with E-state index < -0.39 is 0 Å². The third-order valence-corrected chi connectivity index (χ3v) is 7.06. The van der Waals surface area contributed by atoms with Crippen LogP contribution >= 0.6 is 34.7 Å². The van der Waals surface area contributed by atoms with Gasteiger partial charge in [-0.1, -0.05) is 40.8 Å². The lowest BCUT2D eigenvalue weighted by Gasteiger charge is -2.15. The summed E-state index contributed by atoms with van der Waals surface area (Å²) in [6.07, 6.45) is 0. The number of aromatic nitrogens is 3. The molecule has 0 spiro atoms. The summed E-state index contributed by atoms with van der Waals surface area (Å²) in [6, 6.07) is 5.26. The number of anilines is 2. The zero-order valence-corrected chi connectivity index (χ0v) is 20.6. The fourth-order valence-corrected chi connectivity index (χ4v) is 5.25. The lowest BCUT2D eigenvalue weighted by Crippen LogP contribution is -2.25. The van der Waals surface area contributed by atoms with Gasteiger partial charge in [0.05, 0.1) is 5.75 Å². The Morgan fingerprint density at radius 3 is 2.65 bits per heavy atom. The number of fused-ring (bicyclic) bond motifs is 1. The number of hydrogen-bond donors (Lipinski definition) is 1. The minimum Gasteiger partial charge on any atom is -0.349 e. The number of hydrogen-bond acceptors (Lipinski definition) is 7. The molecule has 0 saturated carbocycles. The second-order valence-electron chi connectivity index (χ2n) is 7.28. The molecule has 0 atom stereocenters. The predicted molar refractivity (Wildman–Crippen MR) is 131 cm³/mol. The summed E-state index contributed by atoms with van der Waals surface area (Å²) < 4.78 is 2.17. The van der Waals surface area contributed by atoms with Crippen molar-refractivity contribution in [3.05, 3.63) is 39.1 Å². The molecule has 166 valence electrons. The molecule has 3 rings (SSSR count). The molecule has 0 aliphatic rings. The van der Waals surface area contributed by atoms with Crippen LogP contribution in [0, 0.1) is 6.92 Å². The van der Waals surface area contributed by atoms with E-state index in [0.717, 1.165) is 23.8 Å². The van der Waals surface area contributed by atoms with E-state index in [2.05, 4.69) is 34.0 Å². The summed E-state index contributed by atoms with van der Waals surface area (Å²) in [6.45, 7) is 11.5. The van der Waals surface area contributed by atoms with Crippen LogP contribution in [-0.4, -0.2) is 39.3 Å². The molecule has 0 unspecified atom stereocenters. The maximum Gasteiger partial charge on any atom is 0.274 e. The Kier molecular flexibility index (Phi) is 7.61. The molecule has 1 aromatic carbocycles. The number of carbonyl (C=O) groups is 1. The average Bonchev–Trinajstić information content (AvgIpc) is 3.14. The number of thioether (sulfide) groups is 1. The van der Waals surface area contributed by atoms with Gasteiger partial charge in [-0.2, -0.15) is 4.98 Å². The first-order valence-corrected chi connectivity index (χ1v) is 12.3. The number of thiazole rings is 1. The van der Waals surface area contributed by atoms with Gasteiger partial charge in [-0.15, -0.1) is 0 Å². The predicted octanol–water partition coefficient (Wildman–Crippen LogP) is 4.97. The van der Waals surface area contributed by atoms with Gasteiger partial charge in [0.15, 0.2) is 15.9 Å². The highest BCUT2D eigenvalue weighted by molar-refractivity contribution is 7.99. The van der Waals surface area contributed by atoms with E-state index in [1.807, 2.05) is 26.8 Å². The molecule has 0 fully saturated rings. The number of carbonyl (C=O) groups excluding carboxylic acids is 1. The molecule has 0 radical (unpaired) electrons. The van der Waals surface area contributed by atoms with Gasteiger partial charge in [0.25, 0.3) is 5.56 Å². The molecule has 1 N–H and O–H groups in total. The van der Waals surface area contributed by atoms with E-state index in [0.29, 0.717) is 26.2 Å². The number of halogens is 1. The number of nitrogens with one attached hydrogen (secondary N) is 1. The van der Waals surface area contributed by atoms with Crippen LogP contribution < -0.4 is 15.8 Å². The van der Waals surface area contributed by atoms with Crippen LogP contribution in [0.1, 0.15) is 39.3 Å². The third-order valence-electron chi connectivity index (χ3n) is 4.78. The van der Waals surface area contributed by atoms with Crippen molar-refractivity contribution in [2.45, 2.75) is 45.8 Å². The fourth-order valence-electron chi connectivity index (χ4n) is 3.09. The number of amides is 1. The molecule has 1 amide bonds. The molecule has 31 heavy (non-hydrogen) atoms. The Morgan fingerprint density at radius 1 is 1.29 bits per heavy atom. The zero-order chi connectivity index (χ0) is 22.7. The Hall–Kier alpha value is -2.10. The molecule has 0 bridgehead atoms. The monoisotopic (exact) mass is 479 g/mol. The summed E-state index contributed by atoms with van der Waals surface area (Å²) in [4.78, 5) is 37.0. The second-order valence-corrected chi connectivity index (χ2v) is 9.64. The molecular weight excluding hydrogens is 454 g/mol. The second kappa shape index (κ2) is 10.0. The molecular formula is C21H26ClN5O2S2. The number of benzene rings is 1. The van der Waals surface area contributed by atoms with Crippen LogP contribution in [0.2, 0.25) is 5.02 Å². The van der Waals surface area contributed by atoms with Gasteiger partial charge in [-0.05, 0) is 52.3 Å². The molecule has 3 aromatic rings. The smallest absolute Gasteiger partial charge is 0.274 e. The van der Waals surface area contributed by atoms with E-state index in [1.54, 1.807) is 16.7 Å². The van der Waals surface area contributed by atoms with Crippen LogP contribution in [0.5, 0.6) is 0 Å². The minimum atomic E-state index is -0.192. The van der Waals surface area contributed by atoms with Gasteiger partial charge in [-0.25, -0.2) is 4.98 Å². The van der Waals surface area contributed by atoms with Crippen molar-refractivity contribution in [2.24, 2.45) is 0 Å². The molecule has 2 heterocycles. The Bertz CT molecular complexity index is 1150. The Labute approximate surface area is 194 Å². The first-order valence-electron chi connectivity index (χ1n) is 10.1. The van der Waals surface area contributed by atoms with Crippen molar-refractivity contribution in [1.29, 1.82) is 0 Å². The van der Waals surface area contributed by atoms with E-state index in [9.17, 15) is 9.59 Å². The van der Waals surface area contributed by atoms with Crippen LogP contribution in [0.3, 0.4) is 0 Å². The molecule has 0 saturated heterocycles. The van der Waals surface area contributed by atoms with Gasteiger partial charge in [0.2, 0.25) is 5.91 Å². The molecule has 0 aliphatic heterocycles. The zero-order valence-electron chi connectivity index (χ0n) is 18.2. The van der Waals surface area contributed by atoms with Gasteiger partial charge in [0, 0.05) is 29.8 Å². The lowest BCUT2D eigenvalue weighted by molar-refractivity contribution is -0.113. The van der Waals surface area contributed by atoms with E-state index in [1.165, 1.54) is 23.1 Å². The molecule has 2 aromatic heterocycles. The van der Waals surface area contributed by atoms with E-state index >= 15 is 0 Å². The standard InChI is InChI=1S/C21H26ClN5O2S2/c1-6-26(7-2)20-24-18-17(31-20)19(29)27(12(3)4)21(25-18)30-11-16(28)23-15-10-14(22)9-8-13(15)5/h8-10,12H,6-7,11H2,1-5H3,(H,23,28). The third kappa shape index (κ3) is 5.22. The van der Waals surface area contributed by atoms with Crippen molar-refractivity contribution in [3.8, 4) is 0 Å². The highest BCUT2D eigenvalue weighted by atomic mass is 35.5. The van der Waals surface area contributed by atoms with E-state index in [4.69, 9.17) is 11.6 Å². The molecule has 10 heteroatoms. The maximum atomic E-state index is 13.2. The highest BCUT2D eigenvalue weighted by Crippen LogP contribution is 2.28. The van der Waals surface area contributed by atoms with Crippen molar-refractivity contribution in [3.63, 3.8) is 0 Å². The van der Waals surface area contributed by atoms with Crippen molar-refractivity contribution >= 4 is 61.8 Å². The van der Waals surface area contributed by atoms with E-state index in [-0.39, 0.29) is 23.3 Å². The van der Waals surface area contributed by atoms with Crippen molar-refractivity contribution < 1.29 is 4.79 Å². The summed E-state index contributed by atoms with van der Waals surface area (Å²) in [5, 5.41) is 4.71. The summed E-state index contributed by atoms with van der Waals surface area (Å²) in [5.74, 6) is -0.0777. The van der Waals surface area contributed by atoms with Gasteiger partial charge >= 0.3 is 0 Å². The number of aryl methyl sites for hydroxylation is 1. The van der Waals surface area contributed by atoms with Crippen molar-refractivity contribution in [2.75, 3.05) is 29.1 Å². The normalized spacial score (nSPS) is 11.3. The maximum absolute atomic E-state index is 13.2. The molecule has 0 aliphatic carbocycles. The number of nitrogens with zero attached hydrogens (tertiary/aromatic N) is 4. The van der Waals surface area contributed by atoms with Gasteiger partial charge in [0.1, 0.15) is 4.70 Å². The summed E-state index contributed by atoms with van der Waals surface area (Å²) >= 11 is 8.63. The van der Waals surface area contributed by atoms with Crippen LogP contribution in [0.4, 0.5) is 10.8 Å². The van der Waals surface area contributed by atoms with Crippen molar-refractivity contribution in [1.82, 2.24) is 14.5 Å². The summed E-state index contributed by atoms with van der Waals surface area (Å²) in [5.41, 5.74) is 1.91. The topological polar surface area (TPSA) is 80.1 Å². The van der Waals surface area contributed by atoms with Crippen LogP contribution in [-0.2, 0) is 4.79 Å². The van der Waals surface area contributed by atoms with Gasteiger partial charge < -0.3 is 10.2 Å². The van der Waals surface area contributed by atoms with Gasteiger partial charge in [-0.3, -0.25) is 14.2 Å². The fraction of sp³-hybridized carbons (Fsp3) is 0.429. The first kappa shape index (κ1) is 23.6. The largest absolute Gasteiger partial charge is 0.349 e. The minimum absolute atomic E-state index is 0.0934. The average molecular weight is 480 g/mol.